The molecule has 1 heterocycles. The SMILES string of the molecule is COC(=O)c1cc([N+](=O)[O-])ccc1NC(C)c1ccc2[nH]c(=O)[nH]c2c1. The molecule has 0 aliphatic heterocycles. The third-order valence-corrected chi connectivity index (χ3v) is 4.03. The highest BCUT2D eigenvalue weighted by atomic mass is 16.6. The van der Waals surface area contributed by atoms with Gasteiger partial charge in [0.25, 0.3) is 5.69 Å². The fourth-order valence-electron chi connectivity index (χ4n) is 2.69. The number of nitrogens with zero attached hydrogens (tertiary/aromatic N) is 1. The van der Waals surface area contributed by atoms with E-state index in [1.807, 2.05) is 19.1 Å². The van der Waals surface area contributed by atoms with Crippen LogP contribution in [0.15, 0.2) is 41.2 Å². The van der Waals surface area contributed by atoms with Crippen molar-refractivity contribution in [3.8, 4) is 0 Å². The molecule has 1 atom stereocenters. The molecule has 9 nitrogen and oxygen atoms in total. The van der Waals surface area contributed by atoms with Gasteiger partial charge in [-0.05, 0) is 30.7 Å². The van der Waals surface area contributed by atoms with Gasteiger partial charge in [-0.1, -0.05) is 6.07 Å². The zero-order valence-corrected chi connectivity index (χ0v) is 14.0. The second-order valence-electron chi connectivity index (χ2n) is 5.73. The van der Waals surface area contributed by atoms with Crippen molar-refractivity contribution in [3.05, 3.63) is 68.1 Å². The van der Waals surface area contributed by atoms with Crippen molar-refractivity contribution >= 4 is 28.4 Å². The quantitative estimate of drug-likeness (QED) is 0.366. The van der Waals surface area contributed by atoms with Gasteiger partial charge in [0.2, 0.25) is 0 Å². The van der Waals surface area contributed by atoms with Gasteiger partial charge in [-0.25, -0.2) is 9.59 Å². The molecule has 0 aliphatic carbocycles. The summed E-state index contributed by atoms with van der Waals surface area (Å²) in [5.41, 5.74) is 2.22. The second kappa shape index (κ2) is 6.71. The lowest BCUT2D eigenvalue weighted by Crippen LogP contribution is -2.12. The summed E-state index contributed by atoms with van der Waals surface area (Å²) in [4.78, 5) is 39.1. The Balaban J connectivity index is 1.94. The minimum absolute atomic E-state index is 0.0738. The van der Waals surface area contributed by atoms with Gasteiger partial charge in [-0.2, -0.15) is 0 Å². The molecule has 3 aromatic rings. The van der Waals surface area contributed by atoms with Crippen LogP contribution < -0.4 is 11.0 Å². The first-order valence-corrected chi connectivity index (χ1v) is 7.74. The van der Waals surface area contributed by atoms with E-state index >= 15 is 0 Å². The third kappa shape index (κ3) is 3.27. The number of aromatic nitrogens is 2. The zero-order chi connectivity index (χ0) is 18.8. The number of anilines is 1. The fourth-order valence-corrected chi connectivity index (χ4v) is 2.69. The van der Waals surface area contributed by atoms with E-state index in [1.165, 1.54) is 25.3 Å². The van der Waals surface area contributed by atoms with Crippen molar-refractivity contribution < 1.29 is 14.5 Å². The molecule has 0 fully saturated rings. The average molecular weight is 356 g/mol. The monoisotopic (exact) mass is 356 g/mol. The number of non-ortho nitro benzene ring substituents is 1. The zero-order valence-electron chi connectivity index (χ0n) is 14.0. The number of H-pyrrole nitrogens is 2. The summed E-state index contributed by atoms with van der Waals surface area (Å²) in [7, 11) is 1.21. The van der Waals surface area contributed by atoms with Gasteiger partial charge in [0, 0.05) is 23.9 Å². The van der Waals surface area contributed by atoms with Gasteiger partial charge < -0.3 is 20.0 Å². The van der Waals surface area contributed by atoms with E-state index in [0.717, 1.165) is 5.56 Å². The Labute approximate surface area is 147 Å². The number of carbonyl (C=O) groups is 1. The number of nitro benzene ring substituents is 1. The van der Waals surface area contributed by atoms with Crippen LogP contribution in [0.4, 0.5) is 11.4 Å². The topological polar surface area (TPSA) is 130 Å². The molecule has 26 heavy (non-hydrogen) atoms. The number of rotatable bonds is 5. The molecule has 3 N–H and O–H groups in total. The Morgan fingerprint density at radius 2 is 1.92 bits per heavy atom. The molecule has 0 spiro atoms. The number of esters is 1. The molecule has 134 valence electrons. The van der Waals surface area contributed by atoms with E-state index in [1.54, 1.807) is 6.07 Å². The number of carbonyl (C=O) groups excluding carboxylic acids is 1. The number of hydrogen-bond acceptors (Lipinski definition) is 6. The van der Waals surface area contributed by atoms with Crippen LogP contribution in [0.2, 0.25) is 0 Å². The number of aromatic amines is 2. The summed E-state index contributed by atoms with van der Waals surface area (Å²) in [5.74, 6) is -0.672. The molecule has 2 aromatic carbocycles. The molecular formula is C17H16N4O5. The van der Waals surface area contributed by atoms with Crippen LogP contribution in [-0.4, -0.2) is 28.0 Å². The first-order valence-electron chi connectivity index (χ1n) is 7.74. The molecule has 0 aliphatic rings. The lowest BCUT2D eigenvalue weighted by atomic mass is 10.1. The number of imidazole rings is 1. The molecule has 9 heteroatoms. The molecule has 1 unspecified atom stereocenters. The Morgan fingerprint density at radius 1 is 1.19 bits per heavy atom. The number of fused-ring (bicyclic) bond motifs is 1. The molecule has 3 rings (SSSR count). The number of benzene rings is 2. The largest absolute Gasteiger partial charge is 0.465 e. The molecular weight excluding hydrogens is 340 g/mol. The van der Waals surface area contributed by atoms with Gasteiger partial charge in [-0.15, -0.1) is 0 Å². The highest BCUT2D eigenvalue weighted by Crippen LogP contribution is 2.27. The number of methoxy groups -OCH3 is 1. The van der Waals surface area contributed by atoms with E-state index in [9.17, 15) is 19.7 Å². The van der Waals surface area contributed by atoms with E-state index < -0.39 is 10.9 Å². The van der Waals surface area contributed by atoms with Crippen LogP contribution in [0.3, 0.4) is 0 Å². The summed E-state index contributed by atoms with van der Waals surface area (Å²) >= 11 is 0. The number of nitro groups is 1. The van der Waals surface area contributed by atoms with Crippen molar-refractivity contribution in [2.75, 3.05) is 12.4 Å². The highest BCUT2D eigenvalue weighted by molar-refractivity contribution is 5.96. The number of nitrogens with one attached hydrogen (secondary N) is 3. The third-order valence-electron chi connectivity index (χ3n) is 4.03. The van der Waals surface area contributed by atoms with Gasteiger partial charge in [0.05, 0.1) is 28.6 Å². The van der Waals surface area contributed by atoms with Crippen LogP contribution in [-0.2, 0) is 4.74 Å². The van der Waals surface area contributed by atoms with E-state index in [-0.39, 0.29) is 23.0 Å². The van der Waals surface area contributed by atoms with E-state index in [4.69, 9.17) is 4.74 Å². The highest BCUT2D eigenvalue weighted by Gasteiger charge is 2.19. The van der Waals surface area contributed by atoms with Crippen molar-refractivity contribution in [1.82, 2.24) is 9.97 Å². The Hall–Kier alpha value is -3.62. The summed E-state index contributed by atoms with van der Waals surface area (Å²) in [5, 5.41) is 14.1. The minimum Gasteiger partial charge on any atom is -0.465 e. The Morgan fingerprint density at radius 3 is 2.62 bits per heavy atom. The lowest BCUT2D eigenvalue weighted by Gasteiger charge is -2.18. The van der Waals surface area contributed by atoms with E-state index in [2.05, 4.69) is 15.3 Å². The standard InChI is InChI=1S/C17H16N4O5/c1-9(10-3-5-14-15(7-10)20-17(23)19-14)18-13-6-4-11(21(24)25)8-12(13)16(22)26-2/h3-9,18H,1-2H3,(H2,19,20,23). The van der Waals surface area contributed by atoms with Crippen LogP contribution in [0, 0.1) is 10.1 Å². The predicted molar refractivity (Wildman–Crippen MR) is 95.4 cm³/mol. The Kier molecular flexibility index (Phi) is 4.44. The number of ether oxygens (including phenoxy) is 1. The summed E-state index contributed by atoms with van der Waals surface area (Å²) in [6.45, 7) is 1.87. The summed E-state index contributed by atoms with van der Waals surface area (Å²) < 4.78 is 4.71. The summed E-state index contributed by atoms with van der Waals surface area (Å²) in [6.07, 6.45) is 0. The first-order chi connectivity index (χ1) is 12.4. The van der Waals surface area contributed by atoms with Crippen molar-refractivity contribution in [2.45, 2.75) is 13.0 Å². The van der Waals surface area contributed by atoms with Crippen molar-refractivity contribution in [2.24, 2.45) is 0 Å². The van der Waals surface area contributed by atoms with Crippen molar-refractivity contribution in [1.29, 1.82) is 0 Å². The molecule has 0 bridgehead atoms. The van der Waals surface area contributed by atoms with Crippen LogP contribution in [0.5, 0.6) is 0 Å². The van der Waals surface area contributed by atoms with Crippen LogP contribution >= 0.6 is 0 Å². The normalized spacial score (nSPS) is 11.9. The van der Waals surface area contributed by atoms with Crippen LogP contribution in [0.1, 0.15) is 28.9 Å². The summed E-state index contributed by atoms with van der Waals surface area (Å²) in [6, 6.07) is 9.15. The van der Waals surface area contributed by atoms with Gasteiger partial charge in [0.15, 0.2) is 0 Å². The first kappa shape index (κ1) is 17.2. The van der Waals surface area contributed by atoms with Gasteiger partial charge >= 0.3 is 11.7 Å². The molecule has 0 saturated carbocycles. The predicted octanol–water partition coefficient (Wildman–Crippen LogP) is 2.72. The van der Waals surface area contributed by atoms with Crippen molar-refractivity contribution in [3.63, 3.8) is 0 Å². The fraction of sp³-hybridized carbons (Fsp3) is 0.176. The van der Waals surface area contributed by atoms with Crippen LogP contribution in [0.25, 0.3) is 11.0 Å². The molecule has 0 saturated heterocycles. The van der Waals surface area contributed by atoms with Gasteiger partial charge in [0.1, 0.15) is 0 Å². The minimum atomic E-state index is -0.672. The molecule has 0 radical (unpaired) electrons. The maximum Gasteiger partial charge on any atom is 0.340 e. The smallest absolute Gasteiger partial charge is 0.340 e. The second-order valence-corrected chi connectivity index (χ2v) is 5.73. The maximum absolute atomic E-state index is 12.0. The average Bonchev–Trinajstić information content (AvgIpc) is 3.00. The number of hydrogen-bond donors (Lipinski definition) is 3. The van der Waals surface area contributed by atoms with E-state index in [0.29, 0.717) is 16.7 Å². The lowest BCUT2D eigenvalue weighted by molar-refractivity contribution is -0.384. The van der Waals surface area contributed by atoms with Gasteiger partial charge in [-0.3, -0.25) is 10.1 Å². The maximum atomic E-state index is 12.0. The molecule has 0 amide bonds. The molecule has 1 aromatic heterocycles. The Bertz CT molecular complexity index is 1050.